The zero-order valence-electron chi connectivity index (χ0n) is 8.04. The van der Waals surface area contributed by atoms with Gasteiger partial charge in [-0.3, -0.25) is 4.79 Å². The summed E-state index contributed by atoms with van der Waals surface area (Å²) >= 11 is 10.6. The molecular weight excluding hydrogens is 310 g/mol. The van der Waals surface area contributed by atoms with Crippen LogP contribution in [-0.2, 0) is 0 Å². The number of halogens is 2. The standard InChI is InChI=1S/C11H7BrClNOS/c12-7-3-4-16-11(7)10(15)6-1-2-9(14)8(13)5-6/h1-5H,14H2. The fourth-order valence-corrected chi connectivity index (χ4v) is 2.95. The second-order valence-electron chi connectivity index (χ2n) is 3.16. The highest BCUT2D eigenvalue weighted by Gasteiger charge is 2.14. The molecule has 1 heterocycles. The second-order valence-corrected chi connectivity index (χ2v) is 5.34. The lowest BCUT2D eigenvalue weighted by Crippen LogP contribution is -2.00. The molecule has 1 aromatic carbocycles. The summed E-state index contributed by atoms with van der Waals surface area (Å²) < 4.78 is 0.801. The van der Waals surface area contributed by atoms with Crippen molar-refractivity contribution < 1.29 is 4.79 Å². The molecule has 0 saturated carbocycles. The summed E-state index contributed by atoms with van der Waals surface area (Å²) in [5.74, 6) is -0.0521. The minimum Gasteiger partial charge on any atom is -0.398 e. The quantitative estimate of drug-likeness (QED) is 0.673. The Kier molecular flexibility index (Phi) is 3.33. The summed E-state index contributed by atoms with van der Waals surface area (Å²) in [7, 11) is 0. The van der Waals surface area contributed by atoms with Crippen molar-refractivity contribution in [2.45, 2.75) is 0 Å². The molecule has 2 rings (SSSR count). The molecule has 5 heteroatoms. The van der Waals surface area contributed by atoms with Gasteiger partial charge in [-0.1, -0.05) is 11.6 Å². The summed E-state index contributed by atoms with van der Waals surface area (Å²) in [6.45, 7) is 0. The van der Waals surface area contributed by atoms with Crippen molar-refractivity contribution in [1.29, 1.82) is 0 Å². The number of benzene rings is 1. The molecule has 0 aliphatic heterocycles. The van der Waals surface area contributed by atoms with Crippen LogP contribution in [0.4, 0.5) is 5.69 Å². The maximum atomic E-state index is 12.1. The monoisotopic (exact) mass is 315 g/mol. The molecule has 0 atom stereocenters. The molecule has 0 bridgehead atoms. The summed E-state index contributed by atoms with van der Waals surface area (Å²) in [5.41, 5.74) is 6.61. The highest BCUT2D eigenvalue weighted by Crippen LogP contribution is 2.27. The van der Waals surface area contributed by atoms with Crippen LogP contribution in [-0.4, -0.2) is 5.78 Å². The Morgan fingerprint density at radius 3 is 2.69 bits per heavy atom. The molecule has 0 fully saturated rings. The molecule has 2 nitrogen and oxygen atoms in total. The van der Waals surface area contributed by atoms with Crippen molar-refractivity contribution >= 4 is 50.3 Å². The van der Waals surface area contributed by atoms with Crippen LogP contribution in [0.2, 0.25) is 5.02 Å². The third-order valence-corrected chi connectivity index (χ3v) is 4.25. The first-order valence-electron chi connectivity index (χ1n) is 4.42. The normalized spacial score (nSPS) is 10.4. The predicted octanol–water partition coefficient (Wildman–Crippen LogP) is 3.98. The Morgan fingerprint density at radius 1 is 1.38 bits per heavy atom. The van der Waals surface area contributed by atoms with E-state index in [1.54, 1.807) is 18.2 Å². The smallest absolute Gasteiger partial charge is 0.204 e. The molecule has 0 aliphatic carbocycles. The van der Waals surface area contributed by atoms with Gasteiger partial charge < -0.3 is 5.73 Å². The number of carbonyl (C=O) groups is 1. The van der Waals surface area contributed by atoms with Gasteiger partial charge >= 0.3 is 0 Å². The van der Waals surface area contributed by atoms with Crippen molar-refractivity contribution in [3.63, 3.8) is 0 Å². The van der Waals surface area contributed by atoms with E-state index in [9.17, 15) is 4.79 Å². The maximum Gasteiger partial charge on any atom is 0.204 e. The summed E-state index contributed by atoms with van der Waals surface area (Å²) in [6.07, 6.45) is 0. The van der Waals surface area contributed by atoms with Gasteiger partial charge in [-0.25, -0.2) is 0 Å². The van der Waals surface area contributed by atoms with Crippen LogP contribution in [0.1, 0.15) is 15.2 Å². The van der Waals surface area contributed by atoms with Crippen LogP contribution in [0, 0.1) is 0 Å². The highest BCUT2D eigenvalue weighted by molar-refractivity contribution is 9.10. The maximum absolute atomic E-state index is 12.1. The van der Waals surface area contributed by atoms with Gasteiger partial charge in [0.1, 0.15) is 0 Å². The molecule has 0 radical (unpaired) electrons. The Bertz CT molecular complexity index is 553. The number of anilines is 1. The van der Waals surface area contributed by atoms with Gasteiger partial charge in [-0.2, -0.15) is 0 Å². The lowest BCUT2D eigenvalue weighted by atomic mass is 10.1. The molecule has 0 amide bonds. The van der Waals surface area contributed by atoms with Crippen LogP contribution in [0.15, 0.2) is 34.1 Å². The van der Waals surface area contributed by atoms with Gasteiger partial charge in [0, 0.05) is 10.0 Å². The lowest BCUT2D eigenvalue weighted by molar-refractivity contribution is 0.104. The first kappa shape index (κ1) is 11.6. The number of hydrogen-bond acceptors (Lipinski definition) is 3. The molecular formula is C11H7BrClNOS. The van der Waals surface area contributed by atoms with E-state index in [1.807, 2.05) is 11.4 Å². The third-order valence-electron chi connectivity index (χ3n) is 2.09. The van der Waals surface area contributed by atoms with E-state index in [0.717, 1.165) is 4.47 Å². The molecule has 0 aliphatic rings. The van der Waals surface area contributed by atoms with Gasteiger partial charge in [-0.05, 0) is 45.6 Å². The average molecular weight is 317 g/mol. The predicted molar refractivity (Wildman–Crippen MR) is 71.3 cm³/mol. The van der Waals surface area contributed by atoms with Crippen molar-refractivity contribution in [3.8, 4) is 0 Å². The molecule has 0 unspecified atom stereocenters. The molecule has 0 saturated heterocycles. The van der Waals surface area contributed by atoms with Crippen LogP contribution < -0.4 is 5.73 Å². The van der Waals surface area contributed by atoms with Crippen molar-refractivity contribution in [1.82, 2.24) is 0 Å². The largest absolute Gasteiger partial charge is 0.398 e. The van der Waals surface area contributed by atoms with Gasteiger partial charge in [0.25, 0.3) is 0 Å². The molecule has 1 aromatic heterocycles. The van der Waals surface area contributed by atoms with Crippen LogP contribution in [0.3, 0.4) is 0 Å². The first-order chi connectivity index (χ1) is 7.59. The molecule has 0 spiro atoms. The fraction of sp³-hybridized carbons (Fsp3) is 0. The lowest BCUT2D eigenvalue weighted by Gasteiger charge is -2.02. The summed E-state index contributed by atoms with van der Waals surface area (Å²) in [6, 6.07) is 6.75. The minimum atomic E-state index is -0.0521. The van der Waals surface area contributed by atoms with E-state index in [4.69, 9.17) is 17.3 Å². The van der Waals surface area contributed by atoms with E-state index >= 15 is 0 Å². The topological polar surface area (TPSA) is 43.1 Å². The van der Waals surface area contributed by atoms with Gasteiger partial charge in [0.05, 0.1) is 15.6 Å². The number of nitrogen functional groups attached to an aromatic ring is 1. The SMILES string of the molecule is Nc1ccc(C(=O)c2sccc2Br)cc1Cl. The average Bonchev–Trinajstić information content (AvgIpc) is 2.67. The number of rotatable bonds is 2. The highest BCUT2D eigenvalue weighted by atomic mass is 79.9. The van der Waals surface area contributed by atoms with Crippen molar-refractivity contribution in [2.75, 3.05) is 5.73 Å². The minimum absolute atomic E-state index is 0.0521. The Labute approximate surface area is 110 Å². The van der Waals surface area contributed by atoms with E-state index < -0.39 is 0 Å². The van der Waals surface area contributed by atoms with E-state index in [1.165, 1.54) is 11.3 Å². The van der Waals surface area contributed by atoms with Gasteiger partial charge in [0.15, 0.2) is 0 Å². The fourth-order valence-electron chi connectivity index (χ4n) is 1.26. The van der Waals surface area contributed by atoms with Crippen LogP contribution >= 0.6 is 38.9 Å². The summed E-state index contributed by atoms with van der Waals surface area (Å²) in [5, 5.41) is 2.26. The van der Waals surface area contributed by atoms with E-state index in [0.29, 0.717) is 21.2 Å². The van der Waals surface area contributed by atoms with Gasteiger partial charge in [-0.15, -0.1) is 11.3 Å². The molecule has 82 valence electrons. The number of ketones is 1. The zero-order valence-corrected chi connectivity index (χ0v) is 11.2. The van der Waals surface area contributed by atoms with Gasteiger partial charge in [0.2, 0.25) is 5.78 Å². The van der Waals surface area contributed by atoms with E-state index in [2.05, 4.69) is 15.9 Å². The van der Waals surface area contributed by atoms with Crippen molar-refractivity contribution in [3.05, 3.63) is 49.6 Å². The number of thiophene rings is 1. The molecule has 16 heavy (non-hydrogen) atoms. The zero-order chi connectivity index (χ0) is 11.7. The number of carbonyl (C=O) groups excluding carboxylic acids is 1. The third kappa shape index (κ3) is 2.14. The Hall–Kier alpha value is -0.840. The Balaban J connectivity index is 2.42. The molecule has 2 aromatic rings. The molecule has 2 N–H and O–H groups in total. The van der Waals surface area contributed by atoms with Crippen LogP contribution in [0.25, 0.3) is 0 Å². The Morgan fingerprint density at radius 2 is 2.12 bits per heavy atom. The first-order valence-corrected chi connectivity index (χ1v) is 6.47. The van der Waals surface area contributed by atoms with Crippen molar-refractivity contribution in [2.24, 2.45) is 0 Å². The number of nitrogens with two attached hydrogens (primary N) is 1. The second kappa shape index (κ2) is 4.57. The number of hydrogen-bond donors (Lipinski definition) is 1. The van der Waals surface area contributed by atoms with Crippen LogP contribution in [0.5, 0.6) is 0 Å². The van der Waals surface area contributed by atoms with E-state index in [-0.39, 0.29) is 5.78 Å². The summed E-state index contributed by atoms with van der Waals surface area (Å²) in [4.78, 5) is 12.7.